The zero-order valence-electron chi connectivity index (χ0n) is 20.6. The van der Waals surface area contributed by atoms with Crippen LogP contribution in [-0.2, 0) is 9.59 Å². The second-order valence-corrected chi connectivity index (χ2v) is 9.89. The summed E-state index contributed by atoms with van der Waals surface area (Å²) in [6.07, 6.45) is 6.75. The standard InChI is InChI=1S/C28H34N4O4/c33-26(30-22-13-5-4-12-21(22)27(34)29-20-10-2-3-11-20)19-32-18-25(28(35)31-16-8-1-9-17-31)36-24-15-7-6-14-23(24)32/h4-7,12-15,20,25H,1-3,8-11,16-19H2,(H,29,34)(H,30,33)/t25-/m1/s1. The first-order chi connectivity index (χ1) is 17.6. The third-order valence-electron chi connectivity index (χ3n) is 7.28. The van der Waals surface area contributed by atoms with Crippen molar-refractivity contribution in [3.8, 4) is 5.75 Å². The van der Waals surface area contributed by atoms with Crippen LogP contribution in [0, 0.1) is 0 Å². The first kappa shape index (κ1) is 24.2. The molecule has 0 bridgehead atoms. The Morgan fingerprint density at radius 3 is 2.42 bits per heavy atom. The fourth-order valence-electron chi connectivity index (χ4n) is 5.39. The highest BCUT2D eigenvalue weighted by Crippen LogP contribution is 2.33. The molecule has 0 radical (unpaired) electrons. The van der Waals surface area contributed by atoms with Crippen LogP contribution < -0.4 is 20.3 Å². The number of likely N-dealkylation sites (tertiary alicyclic amines) is 1. The lowest BCUT2D eigenvalue weighted by Crippen LogP contribution is -2.52. The molecule has 1 aliphatic carbocycles. The number of rotatable bonds is 6. The first-order valence-electron chi connectivity index (χ1n) is 13.1. The molecule has 1 atom stereocenters. The molecule has 36 heavy (non-hydrogen) atoms. The Morgan fingerprint density at radius 2 is 1.61 bits per heavy atom. The van der Waals surface area contributed by atoms with E-state index < -0.39 is 6.10 Å². The number of carbonyl (C=O) groups excluding carboxylic acids is 3. The molecule has 8 heteroatoms. The van der Waals surface area contributed by atoms with Gasteiger partial charge in [-0.05, 0) is 56.4 Å². The van der Waals surface area contributed by atoms with Gasteiger partial charge in [-0.25, -0.2) is 0 Å². The number of nitrogens with zero attached hydrogens (tertiary/aromatic N) is 2. The van der Waals surface area contributed by atoms with Crippen molar-refractivity contribution in [2.45, 2.75) is 57.1 Å². The van der Waals surface area contributed by atoms with E-state index in [0.29, 0.717) is 23.5 Å². The van der Waals surface area contributed by atoms with E-state index in [1.54, 1.807) is 24.3 Å². The number of ether oxygens (including phenoxy) is 1. The summed E-state index contributed by atoms with van der Waals surface area (Å²) in [6.45, 7) is 1.84. The zero-order valence-corrected chi connectivity index (χ0v) is 20.6. The van der Waals surface area contributed by atoms with Crippen molar-refractivity contribution in [3.05, 3.63) is 54.1 Å². The topological polar surface area (TPSA) is 91.0 Å². The minimum Gasteiger partial charge on any atom is -0.477 e. The van der Waals surface area contributed by atoms with Crippen LogP contribution in [0.3, 0.4) is 0 Å². The van der Waals surface area contributed by atoms with Crippen LogP contribution in [0.2, 0.25) is 0 Å². The minimum absolute atomic E-state index is 0.0245. The monoisotopic (exact) mass is 490 g/mol. The van der Waals surface area contributed by atoms with Crippen molar-refractivity contribution in [2.75, 3.05) is 36.4 Å². The zero-order chi connectivity index (χ0) is 24.9. The molecule has 2 heterocycles. The van der Waals surface area contributed by atoms with E-state index >= 15 is 0 Å². The summed E-state index contributed by atoms with van der Waals surface area (Å²) >= 11 is 0. The molecule has 2 fully saturated rings. The number of para-hydroxylation sites is 3. The molecule has 3 aliphatic rings. The number of amides is 3. The summed E-state index contributed by atoms with van der Waals surface area (Å²) in [6, 6.07) is 14.8. The van der Waals surface area contributed by atoms with Crippen molar-refractivity contribution < 1.29 is 19.1 Å². The van der Waals surface area contributed by atoms with Crippen molar-refractivity contribution >= 4 is 29.1 Å². The number of anilines is 2. The maximum Gasteiger partial charge on any atom is 0.265 e. The van der Waals surface area contributed by atoms with Crippen LogP contribution in [0.15, 0.2) is 48.5 Å². The van der Waals surface area contributed by atoms with Gasteiger partial charge in [0.25, 0.3) is 11.8 Å². The maximum atomic E-state index is 13.2. The van der Waals surface area contributed by atoms with E-state index in [1.807, 2.05) is 34.1 Å². The number of benzene rings is 2. The molecule has 1 saturated carbocycles. The lowest BCUT2D eigenvalue weighted by atomic mass is 10.1. The number of hydrogen-bond acceptors (Lipinski definition) is 5. The SMILES string of the molecule is O=C(CN1C[C@H](C(=O)N2CCCCC2)Oc2ccccc21)Nc1ccccc1C(=O)NC1CCCC1. The lowest BCUT2D eigenvalue weighted by Gasteiger charge is -2.38. The summed E-state index contributed by atoms with van der Waals surface area (Å²) in [7, 11) is 0. The molecule has 190 valence electrons. The lowest BCUT2D eigenvalue weighted by molar-refractivity contribution is -0.139. The predicted octanol–water partition coefficient (Wildman–Crippen LogP) is 3.58. The van der Waals surface area contributed by atoms with Gasteiger partial charge >= 0.3 is 0 Å². The molecular weight excluding hydrogens is 456 g/mol. The van der Waals surface area contributed by atoms with Gasteiger partial charge in [-0.1, -0.05) is 37.1 Å². The molecule has 0 unspecified atom stereocenters. The Hall–Kier alpha value is -3.55. The molecule has 2 aromatic carbocycles. The molecule has 1 saturated heterocycles. The van der Waals surface area contributed by atoms with Crippen LogP contribution >= 0.6 is 0 Å². The van der Waals surface area contributed by atoms with Crippen molar-refractivity contribution in [1.82, 2.24) is 10.2 Å². The van der Waals surface area contributed by atoms with E-state index in [-0.39, 0.29) is 30.3 Å². The Kier molecular flexibility index (Phi) is 7.39. The number of piperidine rings is 1. The fraction of sp³-hybridized carbons (Fsp3) is 0.464. The number of fused-ring (bicyclic) bond motifs is 1. The second kappa shape index (κ2) is 11.0. The first-order valence-corrected chi connectivity index (χ1v) is 13.1. The highest BCUT2D eigenvalue weighted by atomic mass is 16.5. The molecule has 8 nitrogen and oxygen atoms in total. The summed E-state index contributed by atoms with van der Waals surface area (Å²) in [5.74, 6) is 0.158. The van der Waals surface area contributed by atoms with Crippen LogP contribution in [-0.4, -0.2) is 60.9 Å². The van der Waals surface area contributed by atoms with E-state index in [0.717, 1.165) is 63.7 Å². The number of nitrogens with one attached hydrogen (secondary N) is 2. The van der Waals surface area contributed by atoms with Gasteiger partial charge in [-0.15, -0.1) is 0 Å². The molecule has 2 aliphatic heterocycles. The van der Waals surface area contributed by atoms with Crippen LogP contribution in [0.5, 0.6) is 5.75 Å². The Bertz CT molecular complexity index is 1110. The Labute approximate surface area is 212 Å². The maximum absolute atomic E-state index is 13.2. The van der Waals surface area contributed by atoms with E-state index in [1.165, 1.54) is 0 Å². The van der Waals surface area contributed by atoms with Gasteiger partial charge in [0.05, 0.1) is 30.0 Å². The highest BCUT2D eigenvalue weighted by molar-refractivity contribution is 6.04. The molecule has 2 aromatic rings. The molecule has 0 spiro atoms. The van der Waals surface area contributed by atoms with E-state index in [4.69, 9.17) is 4.74 Å². The normalized spacial score (nSPS) is 19.8. The molecule has 3 amide bonds. The smallest absolute Gasteiger partial charge is 0.265 e. The van der Waals surface area contributed by atoms with Gasteiger partial charge in [0.15, 0.2) is 6.10 Å². The minimum atomic E-state index is -0.657. The Balaban J connectivity index is 1.28. The summed E-state index contributed by atoms with van der Waals surface area (Å²) < 4.78 is 6.07. The van der Waals surface area contributed by atoms with Gasteiger partial charge in [0.1, 0.15) is 5.75 Å². The summed E-state index contributed by atoms with van der Waals surface area (Å²) in [5.41, 5.74) is 1.72. The van der Waals surface area contributed by atoms with Gasteiger partial charge in [0, 0.05) is 19.1 Å². The average molecular weight is 491 g/mol. The third-order valence-corrected chi connectivity index (χ3v) is 7.28. The van der Waals surface area contributed by atoms with Gasteiger partial charge in [-0.2, -0.15) is 0 Å². The van der Waals surface area contributed by atoms with E-state index in [9.17, 15) is 14.4 Å². The van der Waals surface area contributed by atoms with Crippen molar-refractivity contribution in [2.24, 2.45) is 0 Å². The van der Waals surface area contributed by atoms with Crippen LogP contribution in [0.4, 0.5) is 11.4 Å². The van der Waals surface area contributed by atoms with Crippen LogP contribution in [0.1, 0.15) is 55.3 Å². The average Bonchev–Trinajstić information content (AvgIpc) is 3.42. The second-order valence-electron chi connectivity index (χ2n) is 9.89. The van der Waals surface area contributed by atoms with Gasteiger partial charge in [0.2, 0.25) is 5.91 Å². The van der Waals surface area contributed by atoms with Crippen molar-refractivity contribution in [1.29, 1.82) is 0 Å². The molecule has 5 rings (SSSR count). The third kappa shape index (κ3) is 5.48. The predicted molar refractivity (Wildman–Crippen MR) is 138 cm³/mol. The largest absolute Gasteiger partial charge is 0.477 e. The quantitative estimate of drug-likeness (QED) is 0.646. The van der Waals surface area contributed by atoms with Gasteiger partial charge in [-0.3, -0.25) is 14.4 Å². The summed E-state index contributed by atoms with van der Waals surface area (Å²) in [5, 5.41) is 6.02. The number of hydrogen-bond donors (Lipinski definition) is 2. The van der Waals surface area contributed by atoms with Crippen LogP contribution in [0.25, 0.3) is 0 Å². The summed E-state index contributed by atoms with van der Waals surface area (Å²) in [4.78, 5) is 43.0. The molecule has 2 N–H and O–H groups in total. The van der Waals surface area contributed by atoms with Gasteiger partial charge < -0.3 is 25.2 Å². The molecule has 0 aromatic heterocycles. The Morgan fingerprint density at radius 1 is 0.889 bits per heavy atom. The van der Waals surface area contributed by atoms with Crippen molar-refractivity contribution in [3.63, 3.8) is 0 Å². The number of carbonyl (C=O) groups is 3. The fourth-order valence-corrected chi connectivity index (χ4v) is 5.39. The van der Waals surface area contributed by atoms with E-state index in [2.05, 4.69) is 10.6 Å². The molecular formula is C28H34N4O4. The highest BCUT2D eigenvalue weighted by Gasteiger charge is 2.34.